The topological polar surface area (TPSA) is 25.8 Å². The quantitative estimate of drug-likeness (QED) is 0.276. The molecule has 0 spiro atoms. The lowest BCUT2D eigenvalue weighted by Gasteiger charge is -2.16. The molecule has 1 aliphatic rings. The second-order valence-corrected chi connectivity index (χ2v) is 10.8. The van der Waals surface area contributed by atoms with E-state index in [1.807, 2.05) is 35.6 Å². The number of hydrogen-bond acceptors (Lipinski definition) is 7. The van der Waals surface area contributed by atoms with Crippen LogP contribution in [0.4, 0.5) is 0 Å². The maximum absolute atomic E-state index is 4.90. The molecule has 0 unspecified atom stereocenters. The van der Waals surface area contributed by atoms with E-state index >= 15 is 0 Å². The Morgan fingerprint density at radius 3 is 1.56 bits per heavy atom. The van der Waals surface area contributed by atoms with Gasteiger partial charge in [0.1, 0.15) is 10.1 Å². The van der Waals surface area contributed by atoms with Gasteiger partial charge < -0.3 is 0 Å². The first-order chi connectivity index (χ1) is 13.4. The number of thiophene rings is 3. The SMILES string of the molecule is c1csc(-c2sc(-c3cccs3)c3c2Sc2nc4ccccc4nc2S3)c1. The molecular weight excluding hydrogens is 429 g/mol. The molecule has 5 aromatic rings. The minimum Gasteiger partial charge on any atom is -0.237 e. The molecule has 0 fully saturated rings. The van der Waals surface area contributed by atoms with Crippen molar-refractivity contribution in [1.29, 1.82) is 0 Å². The van der Waals surface area contributed by atoms with Crippen molar-refractivity contribution in [3.05, 3.63) is 59.3 Å². The van der Waals surface area contributed by atoms with Crippen LogP contribution in [0.25, 0.3) is 30.5 Å². The van der Waals surface area contributed by atoms with E-state index in [2.05, 4.69) is 35.0 Å². The summed E-state index contributed by atoms with van der Waals surface area (Å²) in [4.78, 5) is 17.8. The molecule has 0 N–H and O–H groups in total. The number of benzene rings is 1. The van der Waals surface area contributed by atoms with Gasteiger partial charge in [-0.15, -0.1) is 34.0 Å². The lowest BCUT2D eigenvalue weighted by atomic mass is 10.3. The normalized spacial score (nSPS) is 12.9. The van der Waals surface area contributed by atoms with Crippen LogP contribution in [0.15, 0.2) is 79.1 Å². The lowest BCUT2D eigenvalue weighted by Crippen LogP contribution is -1.96. The van der Waals surface area contributed by atoms with Crippen LogP contribution in [-0.2, 0) is 0 Å². The number of rotatable bonds is 2. The smallest absolute Gasteiger partial charge is 0.134 e. The Morgan fingerprint density at radius 2 is 1.11 bits per heavy atom. The molecule has 27 heavy (non-hydrogen) atoms. The van der Waals surface area contributed by atoms with Gasteiger partial charge >= 0.3 is 0 Å². The summed E-state index contributed by atoms with van der Waals surface area (Å²) in [5.41, 5.74) is 1.92. The zero-order chi connectivity index (χ0) is 17.8. The van der Waals surface area contributed by atoms with Crippen molar-refractivity contribution in [2.24, 2.45) is 0 Å². The first-order valence-corrected chi connectivity index (χ1v) is 12.4. The molecule has 0 radical (unpaired) electrons. The Bertz CT molecular complexity index is 1170. The van der Waals surface area contributed by atoms with Gasteiger partial charge in [0.2, 0.25) is 0 Å². The highest BCUT2D eigenvalue weighted by atomic mass is 32.2. The van der Waals surface area contributed by atoms with Gasteiger partial charge in [-0.2, -0.15) is 0 Å². The van der Waals surface area contributed by atoms with Gasteiger partial charge in [-0.25, -0.2) is 9.97 Å². The summed E-state index contributed by atoms with van der Waals surface area (Å²) >= 11 is 9.02. The summed E-state index contributed by atoms with van der Waals surface area (Å²) in [5.74, 6) is 0. The van der Waals surface area contributed by atoms with Gasteiger partial charge in [-0.05, 0) is 35.0 Å². The summed E-state index contributed by atoms with van der Waals surface area (Å²) in [6, 6.07) is 16.8. The molecule has 5 heterocycles. The fourth-order valence-electron chi connectivity index (χ4n) is 3.02. The van der Waals surface area contributed by atoms with Crippen LogP contribution in [0.3, 0.4) is 0 Å². The van der Waals surface area contributed by atoms with Crippen molar-refractivity contribution >= 4 is 68.6 Å². The standard InChI is InChI=1S/C20H10N2S5/c1-2-6-12-11(5-1)21-19-20(22-12)27-18-16(14-8-4-10-24-14)25-15(17(18)26-19)13-7-3-9-23-13/h1-10H. The highest BCUT2D eigenvalue weighted by Crippen LogP contribution is 2.59. The number of aromatic nitrogens is 2. The molecule has 1 aromatic carbocycles. The van der Waals surface area contributed by atoms with Crippen LogP contribution in [0.5, 0.6) is 0 Å². The lowest BCUT2D eigenvalue weighted by molar-refractivity contribution is 0.957. The van der Waals surface area contributed by atoms with E-state index in [-0.39, 0.29) is 0 Å². The number of para-hydroxylation sites is 2. The molecular formula is C20H10N2S5. The van der Waals surface area contributed by atoms with E-state index in [4.69, 9.17) is 9.97 Å². The predicted octanol–water partition coefficient (Wildman–Crippen LogP) is 7.76. The molecule has 6 rings (SSSR count). The van der Waals surface area contributed by atoms with Crippen LogP contribution in [0.2, 0.25) is 0 Å². The third-order valence-corrected chi connectivity index (χ3v) is 10.2. The molecule has 4 aromatic heterocycles. The second kappa shape index (κ2) is 6.46. The number of hydrogen-bond donors (Lipinski definition) is 0. The third-order valence-electron chi connectivity index (χ3n) is 4.22. The first-order valence-electron chi connectivity index (χ1n) is 8.24. The predicted molar refractivity (Wildman–Crippen MR) is 119 cm³/mol. The summed E-state index contributed by atoms with van der Waals surface area (Å²) in [6.07, 6.45) is 0. The van der Waals surface area contributed by atoms with E-state index in [1.54, 1.807) is 46.2 Å². The van der Waals surface area contributed by atoms with Gasteiger partial charge in [0, 0.05) is 19.5 Å². The molecule has 0 atom stereocenters. The van der Waals surface area contributed by atoms with Gasteiger partial charge in [-0.3, -0.25) is 0 Å². The minimum atomic E-state index is 0.958. The highest BCUT2D eigenvalue weighted by Gasteiger charge is 2.29. The molecule has 0 saturated heterocycles. The minimum absolute atomic E-state index is 0.958. The molecule has 0 bridgehead atoms. The maximum atomic E-state index is 4.90. The Morgan fingerprint density at radius 1 is 0.593 bits per heavy atom. The van der Waals surface area contributed by atoms with Gasteiger partial charge in [0.25, 0.3) is 0 Å². The second-order valence-electron chi connectivity index (χ2n) is 5.90. The zero-order valence-corrected chi connectivity index (χ0v) is 17.8. The van der Waals surface area contributed by atoms with Crippen molar-refractivity contribution in [1.82, 2.24) is 9.97 Å². The average molecular weight is 439 g/mol. The van der Waals surface area contributed by atoms with Crippen LogP contribution >= 0.6 is 57.5 Å². The summed E-state index contributed by atoms with van der Waals surface area (Å²) < 4.78 is 0. The molecule has 130 valence electrons. The molecule has 7 heteroatoms. The van der Waals surface area contributed by atoms with Crippen LogP contribution < -0.4 is 0 Å². The summed E-state index contributed by atoms with van der Waals surface area (Å²) in [6.45, 7) is 0. The van der Waals surface area contributed by atoms with E-state index < -0.39 is 0 Å². The maximum Gasteiger partial charge on any atom is 0.134 e. The fourth-order valence-corrected chi connectivity index (χ4v) is 8.82. The first kappa shape index (κ1) is 16.3. The van der Waals surface area contributed by atoms with E-state index in [0.29, 0.717) is 0 Å². The van der Waals surface area contributed by atoms with Crippen molar-refractivity contribution in [3.8, 4) is 19.5 Å². The van der Waals surface area contributed by atoms with E-state index in [0.717, 1.165) is 21.1 Å². The van der Waals surface area contributed by atoms with Crippen LogP contribution in [0.1, 0.15) is 0 Å². The van der Waals surface area contributed by atoms with E-state index in [1.165, 1.54) is 29.3 Å². The Hall–Kier alpha value is -1.64. The Balaban J connectivity index is 1.58. The zero-order valence-electron chi connectivity index (χ0n) is 13.7. The van der Waals surface area contributed by atoms with E-state index in [9.17, 15) is 0 Å². The summed E-state index contributed by atoms with van der Waals surface area (Å²) in [7, 11) is 0. The van der Waals surface area contributed by atoms with Gasteiger partial charge in [-0.1, -0.05) is 47.8 Å². The van der Waals surface area contributed by atoms with Crippen LogP contribution in [0, 0.1) is 0 Å². The van der Waals surface area contributed by atoms with Crippen molar-refractivity contribution < 1.29 is 0 Å². The highest BCUT2D eigenvalue weighted by molar-refractivity contribution is 8.05. The van der Waals surface area contributed by atoms with Gasteiger partial charge in [0.05, 0.1) is 20.8 Å². The average Bonchev–Trinajstić information content (AvgIpc) is 3.44. The van der Waals surface area contributed by atoms with Crippen LogP contribution in [-0.4, -0.2) is 9.97 Å². The van der Waals surface area contributed by atoms with Crippen molar-refractivity contribution in [2.75, 3.05) is 0 Å². The Labute approximate surface area is 176 Å². The molecule has 0 aliphatic carbocycles. The largest absolute Gasteiger partial charge is 0.237 e. The van der Waals surface area contributed by atoms with Crippen molar-refractivity contribution in [2.45, 2.75) is 19.8 Å². The fraction of sp³-hybridized carbons (Fsp3) is 0. The molecule has 0 amide bonds. The van der Waals surface area contributed by atoms with Gasteiger partial charge in [0.15, 0.2) is 0 Å². The monoisotopic (exact) mass is 438 g/mol. The number of fused-ring (bicyclic) bond motifs is 3. The summed E-state index contributed by atoms with van der Waals surface area (Å²) in [5, 5.41) is 6.32. The number of nitrogens with zero attached hydrogens (tertiary/aromatic N) is 2. The Kier molecular flexibility index (Phi) is 3.91. The molecule has 1 aliphatic heterocycles. The third kappa shape index (κ3) is 2.68. The molecule has 0 saturated carbocycles. The molecule has 2 nitrogen and oxygen atoms in total. The van der Waals surface area contributed by atoms with Crippen molar-refractivity contribution in [3.63, 3.8) is 0 Å².